The molecule has 1 aliphatic rings. The van der Waals surface area contributed by atoms with E-state index in [1.807, 2.05) is 22.6 Å². The predicted octanol–water partition coefficient (Wildman–Crippen LogP) is 4.40. The van der Waals surface area contributed by atoms with E-state index in [1.54, 1.807) is 6.92 Å². The third-order valence-electron chi connectivity index (χ3n) is 2.44. The van der Waals surface area contributed by atoms with Crippen LogP contribution in [0.15, 0.2) is 32.8 Å². The molecule has 15 heavy (non-hydrogen) atoms. The van der Waals surface area contributed by atoms with Crippen molar-refractivity contribution in [3.63, 3.8) is 0 Å². The van der Waals surface area contributed by atoms with Gasteiger partial charge in [0.1, 0.15) is 0 Å². The molecule has 0 heterocycles. The molecule has 0 saturated heterocycles. The lowest BCUT2D eigenvalue weighted by atomic mass is 9.93. The molecular formula is C11H14ClFIN. The highest BCUT2D eigenvalue weighted by Crippen LogP contribution is 2.28. The van der Waals surface area contributed by atoms with Gasteiger partial charge in [-0.15, -0.1) is 0 Å². The SMILES string of the molecule is C=C/C(I)=C(F)\C(Cl)=C(/C)NC1CCC1. The average Bonchev–Trinajstić information content (AvgIpc) is 2.19. The van der Waals surface area contributed by atoms with Crippen molar-refractivity contribution in [2.45, 2.75) is 32.2 Å². The number of halogens is 3. The molecule has 4 heteroatoms. The summed E-state index contributed by atoms with van der Waals surface area (Å²) >= 11 is 7.79. The van der Waals surface area contributed by atoms with Gasteiger partial charge in [-0.05, 0) is 48.8 Å². The Morgan fingerprint density at radius 2 is 2.20 bits per heavy atom. The first-order valence-electron chi connectivity index (χ1n) is 4.87. The fraction of sp³-hybridized carbons (Fsp3) is 0.455. The van der Waals surface area contributed by atoms with Gasteiger partial charge in [0.15, 0.2) is 5.83 Å². The van der Waals surface area contributed by atoms with Crippen molar-refractivity contribution in [1.29, 1.82) is 0 Å². The van der Waals surface area contributed by atoms with Crippen LogP contribution in [0.4, 0.5) is 4.39 Å². The van der Waals surface area contributed by atoms with Crippen molar-refractivity contribution in [3.05, 3.63) is 32.8 Å². The third kappa shape index (κ3) is 3.48. The Balaban J connectivity index is 2.73. The highest BCUT2D eigenvalue weighted by Gasteiger charge is 2.18. The summed E-state index contributed by atoms with van der Waals surface area (Å²) in [5.41, 5.74) is 0.704. The first kappa shape index (κ1) is 13.0. The van der Waals surface area contributed by atoms with Crippen LogP contribution in [-0.2, 0) is 0 Å². The van der Waals surface area contributed by atoms with Crippen molar-refractivity contribution in [1.82, 2.24) is 5.32 Å². The Hall–Kier alpha value is -0.0300. The molecule has 0 amide bonds. The van der Waals surface area contributed by atoms with Crippen molar-refractivity contribution in [2.75, 3.05) is 0 Å². The van der Waals surface area contributed by atoms with Crippen LogP contribution in [0.25, 0.3) is 0 Å². The molecule has 0 atom stereocenters. The Kier molecular flexibility index (Phi) is 5.12. The molecular weight excluding hydrogens is 327 g/mol. The minimum atomic E-state index is -0.406. The molecule has 1 rings (SSSR count). The molecule has 1 saturated carbocycles. The molecule has 1 nitrogen and oxygen atoms in total. The second-order valence-electron chi connectivity index (χ2n) is 3.58. The van der Waals surface area contributed by atoms with Crippen molar-refractivity contribution in [2.24, 2.45) is 0 Å². The second-order valence-corrected chi connectivity index (χ2v) is 5.12. The Bertz CT molecular complexity index is 319. The summed E-state index contributed by atoms with van der Waals surface area (Å²) in [5, 5.41) is 3.37. The lowest BCUT2D eigenvalue weighted by Gasteiger charge is -2.28. The minimum absolute atomic E-state index is 0.159. The van der Waals surface area contributed by atoms with Gasteiger partial charge in [-0.25, -0.2) is 4.39 Å². The van der Waals surface area contributed by atoms with Crippen LogP contribution in [0, 0.1) is 0 Å². The van der Waals surface area contributed by atoms with Crippen LogP contribution in [0.1, 0.15) is 26.2 Å². The van der Waals surface area contributed by atoms with Gasteiger partial charge in [0.2, 0.25) is 0 Å². The maximum atomic E-state index is 13.6. The fourth-order valence-electron chi connectivity index (χ4n) is 1.28. The minimum Gasteiger partial charge on any atom is -0.385 e. The molecule has 0 aliphatic heterocycles. The number of rotatable bonds is 4. The van der Waals surface area contributed by atoms with Gasteiger partial charge < -0.3 is 5.32 Å². The van der Waals surface area contributed by atoms with Crippen LogP contribution >= 0.6 is 34.2 Å². The van der Waals surface area contributed by atoms with Gasteiger partial charge in [0, 0.05) is 15.3 Å². The van der Waals surface area contributed by atoms with E-state index in [1.165, 1.54) is 12.5 Å². The highest BCUT2D eigenvalue weighted by molar-refractivity contribution is 14.1. The zero-order valence-corrected chi connectivity index (χ0v) is 11.5. The molecule has 1 N–H and O–H groups in total. The van der Waals surface area contributed by atoms with Crippen LogP contribution in [-0.4, -0.2) is 6.04 Å². The smallest absolute Gasteiger partial charge is 0.156 e. The molecule has 1 fully saturated rings. The molecule has 0 aromatic rings. The van der Waals surface area contributed by atoms with E-state index >= 15 is 0 Å². The number of hydrogen-bond acceptors (Lipinski definition) is 1. The van der Waals surface area contributed by atoms with Crippen LogP contribution < -0.4 is 5.32 Å². The molecule has 0 aromatic heterocycles. The summed E-state index contributed by atoms with van der Waals surface area (Å²) in [6.07, 6.45) is 4.98. The van der Waals surface area contributed by atoms with E-state index in [-0.39, 0.29) is 5.03 Å². The van der Waals surface area contributed by atoms with E-state index in [0.717, 1.165) is 12.8 Å². The zero-order chi connectivity index (χ0) is 11.4. The summed E-state index contributed by atoms with van der Waals surface area (Å²) in [4.78, 5) is 0. The lowest BCUT2D eigenvalue weighted by molar-refractivity contribution is 0.363. The van der Waals surface area contributed by atoms with Gasteiger partial charge in [0.25, 0.3) is 0 Å². The summed E-state index contributed by atoms with van der Waals surface area (Å²) in [5.74, 6) is -0.406. The first-order valence-corrected chi connectivity index (χ1v) is 6.33. The summed E-state index contributed by atoms with van der Waals surface area (Å²) in [7, 11) is 0. The average molecular weight is 342 g/mol. The first-order chi connectivity index (χ1) is 7.06. The van der Waals surface area contributed by atoms with Gasteiger partial charge in [-0.1, -0.05) is 24.3 Å². The largest absolute Gasteiger partial charge is 0.385 e. The van der Waals surface area contributed by atoms with E-state index in [2.05, 4.69) is 11.9 Å². The van der Waals surface area contributed by atoms with Gasteiger partial charge >= 0.3 is 0 Å². The Labute approximate surface area is 109 Å². The number of allylic oxidation sites excluding steroid dienone is 5. The van der Waals surface area contributed by atoms with Crippen molar-refractivity contribution < 1.29 is 4.39 Å². The summed E-state index contributed by atoms with van der Waals surface area (Å²) < 4.78 is 14.0. The van der Waals surface area contributed by atoms with Crippen LogP contribution in [0.3, 0.4) is 0 Å². The topological polar surface area (TPSA) is 12.0 Å². The van der Waals surface area contributed by atoms with E-state index in [4.69, 9.17) is 11.6 Å². The molecule has 0 radical (unpaired) electrons. The van der Waals surface area contributed by atoms with Crippen LogP contribution in [0.2, 0.25) is 0 Å². The van der Waals surface area contributed by atoms with Gasteiger partial charge in [0.05, 0.1) is 5.03 Å². The number of hydrogen-bond donors (Lipinski definition) is 1. The molecule has 0 bridgehead atoms. The van der Waals surface area contributed by atoms with Gasteiger partial charge in [-0.3, -0.25) is 0 Å². The summed E-state index contributed by atoms with van der Waals surface area (Å²) in [6.45, 7) is 5.30. The lowest BCUT2D eigenvalue weighted by Crippen LogP contribution is -2.34. The molecule has 0 spiro atoms. The monoisotopic (exact) mass is 341 g/mol. The Morgan fingerprint density at radius 1 is 1.60 bits per heavy atom. The quantitative estimate of drug-likeness (QED) is 0.590. The summed E-state index contributed by atoms with van der Waals surface area (Å²) in [6, 6.07) is 0.466. The number of nitrogens with one attached hydrogen (secondary N) is 1. The van der Waals surface area contributed by atoms with Gasteiger partial charge in [-0.2, -0.15) is 0 Å². The van der Waals surface area contributed by atoms with Crippen LogP contribution in [0.5, 0.6) is 0 Å². The Morgan fingerprint density at radius 3 is 2.60 bits per heavy atom. The maximum Gasteiger partial charge on any atom is 0.156 e. The van der Waals surface area contributed by atoms with Crippen molar-refractivity contribution >= 4 is 34.2 Å². The fourth-order valence-corrected chi connectivity index (χ4v) is 1.87. The highest BCUT2D eigenvalue weighted by atomic mass is 127. The molecule has 1 aliphatic carbocycles. The maximum absolute atomic E-state index is 13.6. The van der Waals surface area contributed by atoms with E-state index < -0.39 is 5.83 Å². The second kappa shape index (κ2) is 5.89. The normalized spacial score (nSPS) is 20.0. The third-order valence-corrected chi connectivity index (χ3v) is 3.80. The van der Waals surface area contributed by atoms with E-state index in [9.17, 15) is 4.39 Å². The van der Waals surface area contributed by atoms with E-state index in [0.29, 0.717) is 15.3 Å². The molecule has 0 aromatic carbocycles. The standard InChI is InChI=1S/C11H14ClFIN/c1-3-9(14)11(13)10(12)7(2)15-8-5-4-6-8/h3,8,15H,1,4-6H2,2H3/b10-7-,11-9-. The zero-order valence-electron chi connectivity index (χ0n) is 8.62. The van der Waals surface area contributed by atoms with Crippen molar-refractivity contribution in [3.8, 4) is 0 Å². The molecule has 84 valence electrons. The molecule has 0 unspecified atom stereocenters. The predicted molar refractivity (Wildman–Crippen MR) is 71.7 cm³/mol.